The third-order valence-electron chi connectivity index (χ3n) is 4.95. The number of hydrogen-bond acceptors (Lipinski definition) is 3. The quantitative estimate of drug-likeness (QED) is 0.344. The summed E-state index contributed by atoms with van der Waals surface area (Å²) in [5.41, 5.74) is 5.90. The van der Waals surface area contributed by atoms with Crippen LogP contribution in [0.3, 0.4) is 0 Å². The lowest BCUT2D eigenvalue weighted by Crippen LogP contribution is -2.17. The van der Waals surface area contributed by atoms with Crippen LogP contribution in [0.2, 0.25) is 0 Å². The molecule has 4 heteroatoms. The molecule has 0 bridgehead atoms. The minimum atomic E-state index is 0.675. The second-order valence-corrected chi connectivity index (χ2v) is 8.04. The van der Waals surface area contributed by atoms with Gasteiger partial charge in [0.1, 0.15) is 5.75 Å². The summed E-state index contributed by atoms with van der Waals surface area (Å²) in [5.74, 6) is 0.900. The van der Waals surface area contributed by atoms with Crippen LogP contribution in [0.25, 0.3) is 11.3 Å². The molecule has 0 amide bonds. The highest BCUT2D eigenvalue weighted by atomic mass is 32.1. The van der Waals surface area contributed by atoms with E-state index < -0.39 is 0 Å². The van der Waals surface area contributed by atoms with Gasteiger partial charge in [0.2, 0.25) is 0 Å². The molecular weight excluding hydrogens is 388 g/mol. The highest BCUT2D eigenvalue weighted by molar-refractivity contribution is 7.07. The van der Waals surface area contributed by atoms with Gasteiger partial charge in [0.25, 0.3) is 0 Å². The van der Waals surface area contributed by atoms with Crippen LogP contribution >= 0.6 is 11.3 Å². The number of aryl methyl sites for hydroxylation is 2. The van der Waals surface area contributed by atoms with Gasteiger partial charge in [0.05, 0.1) is 18.0 Å². The second-order valence-electron chi connectivity index (χ2n) is 7.20. The van der Waals surface area contributed by atoms with E-state index >= 15 is 0 Å². The van der Waals surface area contributed by atoms with E-state index in [9.17, 15) is 0 Å². The molecule has 3 aromatic carbocycles. The molecule has 0 fully saturated rings. The first kappa shape index (κ1) is 20.2. The summed E-state index contributed by atoms with van der Waals surface area (Å²) in [6, 6.07) is 27.3. The van der Waals surface area contributed by atoms with Gasteiger partial charge in [0.15, 0.2) is 4.80 Å². The molecule has 0 aliphatic heterocycles. The fourth-order valence-corrected chi connectivity index (χ4v) is 4.40. The van der Waals surface area contributed by atoms with Crippen LogP contribution in [-0.2, 0) is 13.0 Å². The standard InChI is InChI=1S/C26H26N2OS/c1-3-29-24-14-12-22(13-15-24)25-19-30-26(27-23-11-7-8-20(2)18-23)28(25)17-16-21-9-5-4-6-10-21/h4-15,18-19H,3,16-17H2,1-2H3. The van der Waals surface area contributed by atoms with Gasteiger partial charge in [0, 0.05) is 11.9 Å². The normalized spacial score (nSPS) is 11.6. The summed E-state index contributed by atoms with van der Waals surface area (Å²) in [5, 5.41) is 2.20. The number of thiazole rings is 1. The fourth-order valence-electron chi connectivity index (χ4n) is 3.45. The molecule has 0 saturated heterocycles. The van der Waals surface area contributed by atoms with Crippen molar-refractivity contribution in [1.82, 2.24) is 4.57 Å². The Morgan fingerprint density at radius 2 is 1.73 bits per heavy atom. The largest absolute Gasteiger partial charge is 0.494 e. The molecule has 1 aromatic heterocycles. The maximum Gasteiger partial charge on any atom is 0.190 e. The van der Waals surface area contributed by atoms with E-state index in [0.717, 1.165) is 29.2 Å². The highest BCUT2D eigenvalue weighted by Crippen LogP contribution is 2.24. The van der Waals surface area contributed by atoms with E-state index in [1.807, 2.05) is 19.1 Å². The molecule has 0 aliphatic carbocycles. The van der Waals surface area contributed by atoms with Crippen LogP contribution in [-0.4, -0.2) is 11.2 Å². The zero-order valence-corrected chi connectivity index (χ0v) is 18.2. The van der Waals surface area contributed by atoms with Crippen LogP contribution in [0, 0.1) is 6.92 Å². The zero-order chi connectivity index (χ0) is 20.8. The number of hydrogen-bond donors (Lipinski definition) is 0. The van der Waals surface area contributed by atoms with Crippen molar-refractivity contribution in [1.29, 1.82) is 0 Å². The summed E-state index contributed by atoms with van der Waals surface area (Å²) in [6.45, 7) is 5.65. The number of benzene rings is 3. The molecule has 4 aromatic rings. The third kappa shape index (κ3) is 4.89. The number of aromatic nitrogens is 1. The topological polar surface area (TPSA) is 26.5 Å². The van der Waals surface area contributed by atoms with E-state index in [1.165, 1.54) is 22.4 Å². The number of nitrogens with zero attached hydrogens (tertiary/aromatic N) is 2. The van der Waals surface area contributed by atoms with Gasteiger partial charge < -0.3 is 9.30 Å². The molecular formula is C26H26N2OS. The molecule has 0 saturated carbocycles. The van der Waals surface area contributed by atoms with Gasteiger partial charge in [-0.2, -0.15) is 0 Å². The van der Waals surface area contributed by atoms with Crippen molar-refractivity contribution in [2.45, 2.75) is 26.8 Å². The van der Waals surface area contributed by atoms with E-state index in [1.54, 1.807) is 11.3 Å². The summed E-state index contributed by atoms with van der Waals surface area (Å²) in [7, 11) is 0. The van der Waals surface area contributed by atoms with Gasteiger partial charge in [-0.05, 0) is 73.4 Å². The first-order valence-corrected chi connectivity index (χ1v) is 11.2. The molecule has 152 valence electrons. The van der Waals surface area contributed by atoms with Crippen molar-refractivity contribution in [2.75, 3.05) is 6.61 Å². The second kappa shape index (κ2) is 9.59. The van der Waals surface area contributed by atoms with Crippen LogP contribution in [0.4, 0.5) is 5.69 Å². The monoisotopic (exact) mass is 414 g/mol. The Labute approximate surface area is 182 Å². The molecule has 4 rings (SSSR count). The molecule has 0 atom stereocenters. The maximum absolute atomic E-state index is 5.60. The van der Waals surface area contributed by atoms with Gasteiger partial charge in [-0.3, -0.25) is 0 Å². The van der Waals surface area contributed by atoms with Crippen LogP contribution in [0.1, 0.15) is 18.1 Å². The van der Waals surface area contributed by atoms with Crippen molar-refractivity contribution in [2.24, 2.45) is 4.99 Å². The average Bonchev–Trinajstić information content (AvgIpc) is 3.16. The molecule has 1 heterocycles. The Balaban J connectivity index is 1.73. The van der Waals surface area contributed by atoms with Crippen LogP contribution < -0.4 is 9.54 Å². The van der Waals surface area contributed by atoms with Crippen LogP contribution in [0.15, 0.2) is 89.2 Å². The van der Waals surface area contributed by atoms with E-state index in [4.69, 9.17) is 9.73 Å². The highest BCUT2D eigenvalue weighted by Gasteiger charge is 2.09. The van der Waals surface area contributed by atoms with Crippen molar-refractivity contribution in [3.05, 3.63) is 100 Å². The number of rotatable bonds is 7. The van der Waals surface area contributed by atoms with E-state index in [2.05, 4.69) is 83.6 Å². The zero-order valence-electron chi connectivity index (χ0n) is 17.4. The molecule has 0 aliphatic rings. The van der Waals surface area contributed by atoms with E-state index in [-0.39, 0.29) is 0 Å². The lowest BCUT2D eigenvalue weighted by molar-refractivity contribution is 0.340. The first-order valence-electron chi connectivity index (χ1n) is 10.3. The summed E-state index contributed by atoms with van der Waals surface area (Å²) < 4.78 is 7.93. The van der Waals surface area contributed by atoms with Crippen molar-refractivity contribution in [3.63, 3.8) is 0 Å². The molecule has 30 heavy (non-hydrogen) atoms. The summed E-state index contributed by atoms with van der Waals surface area (Å²) >= 11 is 1.69. The summed E-state index contributed by atoms with van der Waals surface area (Å²) in [6.07, 6.45) is 0.961. The predicted molar refractivity (Wildman–Crippen MR) is 125 cm³/mol. The fraction of sp³-hybridized carbons (Fsp3) is 0.192. The predicted octanol–water partition coefficient (Wildman–Crippen LogP) is 6.40. The van der Waals surface area contributed by atoms with Crippen LogP contribution in [0.5, 0.6) is 5.75 Å². The third-order valence-corrected chi connectivity index (χ3v) is 5.82. The average molecular weight is 415 g/mol. The van der Waals surface area contributed by atoms with Gasteiger partial charge >= 0.3 is 0 Å². The number of ether oxygens (including phenoxy) is 1. The van der Waals surface area contributed by atoms with Crippen molar-refractivity contribution >= 4 is 17.0 Å². The van der Waals surface area contributed by atoms with Crippen molar-refractivity contribution in [3.8, 4) is 17.0 Å². The molecule has 0 radical (unpaired) electrons. The molecule has 0 unspecified atom stereocenters. The SMILES string of the molecule is CCOc1ccc(-c2csc(=Nc3cccc(C)c3)n2CCc2ccccc2)cc1. The van der Waals surface area contributed by atoms with Gasteiger partial charge in [-0.15, -0.1) is 11.3 Å². The molecule has 0 spiro atoms. The Kier molecular flexibility index (Phi) is 6.45. The first-order chi connectivity index (χ1) is 14.7. The van der Waals surface area contributed by atoms with Gasteiger partial charge in [-0.1, -0.05) is 42.5 Å². The maximum atomic E-state index is 5.60. The van der Waals surface area contributed by atoms with Gasteiger partial charge in [-0.25, -0.2) is 4.99 Å². The minimum absolute atomic E-state index is 0.675. The minimum Gasteiger partial charge on any atom is -0.494 e. The lowest BCUT2D eigenvalue weighted by Gasteiger charge is -2.10. The smallest absolute Gasteiger partial charge is 0.190 e. The Morgan fingerprint density at radius 3 is 2.47 bits per heavy atom. The van der Waals surface area contributed by atoms with E-state index in [0.29, 0.717) is 6.61 Å². The summed E-state index contributed by atoms with van der Waals surface area (Å²) in [4.78, 5) is 5.98. The lowest BCUT2D eigenvalue weighted by atomic mass is 10.1. The van der Waals surface area contributed by atoms with Crippen molar-refractivity contribution < 1.29 is 4.74 Å². The Bertz CT molecular complexity index is 1160. The molecule has 3 nitrogen and oxygen atoms in total. The Hall–Kier alpha value is -3.11. The Morgan fingerprint density at radius 1 is 0.933 bits per heavy atom. The molecule has 0 N–H and O–H groups in total.